The Kier molecular flexibility index (Phi) is 4.90. The molecule has 7 nitrogen and oxygen atoms in total. The van der Waals surface area contributed by atoms with Crippen LogP contribution in [0.1, 0.15) is 20.3 Å². The standard InChI is InChI=1S/C11H13FN2O5S/c1-3-10(15)7(2)13-20(18,19)11-5-4-8(12)6-9(11)14(16)17/h4-7,13H,3H2,1-2H3. The van der Waals surface area contributed by atoms with Crippen molar-refractivity contribution in [1.29, 1.82) is 0 Å². The van der Waals surface area contributed by atoms with Crippen molar-refractivity contribution in [3.05, 3.63) is 34.1 Å². The maximum Gasteiger partial charge on any atom is 0.292 e. The highest BCUT2D eigenvalue weighted by atomic mass is 32.2. The van der Waals surface area contributed by atoms with Crippen molar-refractivity contribution in [3.8, 4) is 0 Å². The summed E-state index contributed by atoms with van der Waals surface area (Å²) < 4.78 is 39.0. The molecule has 0 spiro atoms. The van der Waals surface area contributed by atoms with Crippen LogP contribution in [0.2, 0.25) is 0 Å². The number of ketones is 1. The Bertz CT molecular complexity index is 644. The van der Waals surface area contributed by atoms with Crippen LogP contribution in [0.15, 0.2) is 23.1 Å². The summed E-state index contributed by atoms with van der Waals surface area (Å²) in [5.41, 5.74) is -0.881. The van der Waals surface area contributed by atoms with Crippen LogP contribution < -0.4 is 4.72 Å². The van der Waals surface area contributed by atoms with Gasteiger partial charge in [0.1, 0.15) is 11.6 Å². The van der Waals surface area contributed by atoms with Gasteiger partial charge in [-0.3, -0.25) is 14.9 Å². The van der Waals surface area contributed by atoms with E-state index in [1.54, 1.807) is 6.92 Å². The first-order valence-corrected chi connectivity index (χ1v) is 7.16. The van der Waals surface area contributed by atoms with Gasteiger partial charge in [0.2, 0.25) is 10.0 Å². The Morgan fingerprint density at radius 3 is 2.60 bits per heavy atom. The Hall–Kier alpha value is -1.87. The van der Waals surface area contributed by atoms with Crippen LogP contribution in [0.5, 0.6) is 0 Å². The molecule has 1 rings (SSSR count). The normalized spacial score (nSPS) is 12.9. The summed E-state index contributed by atoms with van der Waals surface area (Å²) in [5.74, 6) is -1.29. The largest absolute Gasteiger partial charge is 0.298 e. The molecule has 0 aliphatic carbocycles. The van der Waals surface area contributed by atoms with Crippen molar-refractivity contribution in [2.45, 2.75) is 31.2 Å². The quantitative estimate of drug-likeness (QED) is 0.631. The van der Waals surface area contributed by atoms with Crippen LogP contribution in [0.3, 0.4) is 0 Å². The number of benzene rings is 1. The summed E-state index contributed by atoms with van der Waals surface area (Å²) in [7, 11) is -4.29. The topological polar surface area (TPSA) is 106 Å². The number of nitrogens with one attached hydrogen (secondary N) is 1. The van der Waals surface area contributed by atoms with E-state index < -0.39 is 37.4 Å². The van der Waals surface area contributed by atoms with E-state index in [4.69, 9.17) is 0 Å². The van der Waals surface area contributed by atoms with E-state index in [-0.39, 0.29) is 12.2 Å². The third kappa shape index (κ3) is 3.58. The van der Waals surface area contributed by atoms with E-state index in [1.165, 1.54) is 6.92 Å². The molecule has 0 aromatic heterocycles. The molecule has 0 amide bonds. The molecule has 1 aromatic rings. The fourth-order valence-electron chi connectivity index (χ4n) is 1.53. The van der Waals surface area contributed by atoms with Gasteiger partial charge in [-0.2, -0.15) is 0 Å². The van der Waals surface area contributed by atoms with Gasteiger partial charge in [-0.1, -0.05) is 6.92 Å². The molecule has 0 radical (unpaired) electrons. The molecule has 0 aliphatic rings. The second-order valence-electron chi connectivity index (χ2n) is 4.03. The van der Waals surface area contributed by atoms with E-state index in [0.29, 0.717) is 6.07 Å². The zero-order chi connectivity index (χ0) is 15.5. The average molecular weight is 304 g/mol. The second-order valence-corrected chi connectivity index (χ2v) is 5.71. The summed E-state index contributed by atoms with van der Waals surface area (Å²) in [6.45, 7) is 2.90. The van der Waals surface area contributed by atoms with Crippen molar-refractivity contribution in [1.82, 2.24) is 4.72 Å². The minimum Gasteiger partial charge on any atom is -0.298 e. The van der Waals surface area contributed by atoms with Crippen molar-refractivity contribution < 1.29 is 22.5 Å². The third-order valence-corrected chi connectivity index (χ3v) is 4.16. The molecular weight excluding hydrogens is 291 g/mol. The summed E-state index contributed by atoms with van der Waals surface area (Å²) in [6.07, 6.45) is 0.120. The van der Waals surface area contributed by atoms with Crippen molar-refractivity contribution in [3.63, 3.8) is 0 Å². The van der Waals surface area contributed by atoms with Gasteiger partial charge in [0, 0.05) is 6.42 Å². The first kappa shape index (κ1) is 16.2. The molecule has 9 heteroatoms. The molecule has 110 valence electrons. The van der Waals surface area contributed by atoms with Gasteiger partial charge in [-0.25, -0.2) is 17.5 Å². The molecule has 0 saturated heterocycles. The van der Waals surface area contributed by atoms with E-state index in [0.717, 1.165) is 12.1 Å². The summed E-state index contributed by atoms with van der Waals surface area (Å²) in [6, 6.07) is 1.09. The molecule has 20 heavy (non-hydrogen) atoms. The zero-order valence-electron chi connectivity index (χ0n) is 10.8. The first-order chi connectivity index (χ1) is 9.19. The van der Waals surface area contributed by atoms with Gasteiger partial charge in [0.05, 0.1) is 17.0 Å². The molecule has 1 atom stereocenters. The lowest BCUT2D eigenvalue weighted by atomic mass is 10.2. The molecule has 1 N–H and O–H groups in total. The van der Waals surface area contributed by atoms with Crippen molar-refractivity contribution in [2.75, 3.05) is 0 Å². The van der Waals surface area contributed by atoms with E-state index >= 15 is 0 Å². The number of nitrogens with zero attached hydrogens (tertiary/aromatic N) is 1. The number of carbonyl (C=O) groups excluding carboxylic acids is 1. The third-order valence-electron chi connectivity index (χ3n) is 2.57. The molecule has 0 heterocycles. The van der Waals surface area contributed by atoms with Crippen LogP contribution in [-0.2, 0) is 14.8 Å². The molecule has 0 bridgehead atoms. The average Bonchev–Trinajstić information content (AvgIpc) is 2.36. The number of halogens is 1. The van der Waals surface area contributed by atoms with Crippen LogP contribution in [0.25, 0.3) is 0 Å². The Morgan fingerprint density at radius 2 is 2.10 bits per heavy atom. The maximum absolute atomic E-state index is 13.0. The Labute approximate surface area is 115 Å². The molecule has 1 aromatic carbocycles. The lowest BCUT2D eigenvalue weighted by molar-refractivity contribution is -0.388. The summed E-state index contributed by atoms with van der Waals surface area (Å²) in [4.78, 5) is 20.5. The fourth-order valence-corrected chi connectivity index (χ4v) is 2.91. The second kappa shape index (κ2) is 6.06. The highest BCUT2D eigenvalue weighted by Gasteiger charge is 2.28. The van der Waals surface area contributed by atoms with Crippen molar-refractivity contribution >= 4 is 21.5 Å². The molecule has 1 unspecified atom stereocenters. The van der Waals surface area contributed by atoms with Crippen LogP contribution in [0.4, 0.5) is 10.1 Å². The number of Topliss-reactive ketones (excluding diaryl/α,β-unsaturated/α-hetero) is 1. The number of nitro groups is 1. The van der Waals surface area contributed by atoms with Crippen LogP contribution >= 0.6 is 0 Å². The highest BCUT2D eigenvalue weighted by molar-refractivity contribution is 7.89. The number of nitro benzene ring substituents is 1. The van der Waals surface area contributed by atoms with Gasteiger partial charge < -0.3 is 0 Å². The van der Waals surface area contributed by atoms with Gasteiger partial charge in [-0.15, -0.1) is 0 Å². The SMILES string of the molecule is CCC(=O)C(C)NS(=O)(=O)c1ccc(F)cc1[N+](=O)[O-]. The zero-order valence-corrected chi connectivity index (χ0v) is 11.6. The molecular formula is C11H13FN2O5S. The minimum absolute atomic E-state index is 0.120. The van der Waals surface area contributed by atoms with Gasteiger partial charge in [0.25, 0.3) is 5.69 Å². The first-order valence-electron chi connectivity index (χ1n) is 5.68. The van der Waals surface area contributed by atoms with Crippen molar-refractivity contribution in [2.24, 2.45) is 0 Å². The maximum atomic E-state index is 13.0. The Morgan fingerprint density at radius 1 is 1.50 bits per heavy atom. The van der Waals surface area contributed by atoms with Gasteiger partial charge in [0.15, 0.2) is 4.90 Å². The van der Waals surface area contributed by atoms with Crippen LogP contribution in [0, 0.1) is 15.9 Å². The van der Waals surface area contributed by atoms with E-state index in [9.17, 15) is 27.7 Å². The number of carbonyl (C=O) groups is 1. The molecule has 0 fully saturated rings. The predicted octanol–water partition coefficient (Wildman–Crippen LogP) is 1.38. The number of hydrogen-bond acceptors (Lipinski definition) is 5. The predicted molar refractivity (Wildman–Crippen MR) is 68.1 cm³/mol. The lowest BCUT2D eigenvalue weighted by Gasteiger charge is -2.12. The van der Waals surface area contributed by atoms with Gasteiger partial charge >= 0.3 is 0 Å². The molecule has 0 aliphatic heterocycles. The lowest BCUT2D eigenvalue weighted by Crippen LogP contribution is -2.38. The van der Waals surface area contributed by atoms with Crippen LogP contribution in [-0.4, -0.2) is 25.2 Å². The fraction of sp³-hybridized carbons (Fsp3) is 0.364. The monoisotopic (exact) mass is 304 g/mol. The number of hydrogen-bond donors (Lipinski definition) is 1. The van der Waals surface area contributed by atoms with E-state index in [1.807, 2.05) is 4.72 Å². The highest BCUT2D eigenvalue weighted by Crippen LogP contribution is 2.24. The summed E-state index contributed by atoms with van der Waals surface area (Å²) in [5, 5.41) is 10.8. The van der Waals surface area contributed by atoms with Gasteiger partial charge in [-0.05, 0) is 19.1 Å². The number of rotatable bonds is 6. The minimum atomic E-state index is -4.29. The molecule has 0 saturated carbocycles. The van der Waals surface area contributed by atoms with E-state index in [2.05, 4.69) is 0 Å². The smallest absolute Gasteiger partial charge is 0.292 e. The Balaban J connectivity index is 3.23. The number of sulfonamides is 1. The summed E-state index contributed by atoms with van der Waals surface area (Å²) >= 11 is 0.